The van der Waals surface area contributed by atoms with Gasteiger partial charge < -0.3 is 20.1 Å². The van der Waals surface area contributed by atoms with Crippen LogP contribution in [0.2, 0.25) is 0 Å². The fraction of sp³-hybridized carbons (Fsp3) is 0.143. The molecule has 0 unspecified atom stereocenters. The molecule has 0 radical (unpaired) electrons. The Morgan fingerprint density at radius 2 is 1.69 bits per heavy atom. The molecule has 148 valence electrons. The van der Waals surface area contributed by atoms with E-state index < -0.39 is 0 Å². The summed E-state index contributed by atoms with van der Waals surface area (Å²) in [5.74, 6) is 0.268. The molecule has 1 aromatic heterocycles. The first-order valence-electron chi connectivity index (χ1n) is 8.90. The van der Waals surface area contributed by atoms with Crippen molar-refractivity contribution in [1.82, 2.24) is 9.97 Å². The first-order valence-corrected chi connectivity index (χ1v) is 8.90. The number of hydrogen-bond donors (Lipinski definition) is 2. The van der Waals surface area contributed by atoms with Crippen LogP contribution >= 0.6 is 0 Å². The van der Waals surface area contributed by atoms with Crippen LogP contribution in [0, 0.1) is 0 Å². The normalized spacial score (nSPS) is 10.1. The number of anilines is 3. The van der Waals surface area contributed by atoms with Gasteiger partial charge in [-0.25, -0.2) is 14.8 Å². The fourth-order valence-electron chi connectivity index (χ4n) is 2.45. The van der Waals surface area contributed by atoms with E-state index in [1.807, 2.05) is 0 Å². The Morgan fingerprint density at radius 1 is 0.966 bits per heavy atom. The van der Waals surface area contributed by atoms with Gasteiger partial charge in [-0.1, -0.05) is 6.07 Å². The summed E-state index contributed by atoms with van der Waals surface area (Å²) in [6.07, 6.45) is 2.86. The van der Waals surface area contributed by atoms with Crippen LogP contribution in [0.3, 0.4) is 0 Å². The average Bonchev–Trinajstić information content (AvgIpc) is 2.75. The van der Waals surface area contributed by atoms with Gasteiger partial charge in [0, 0.05) is 29.8 Å². The second kappa shape index (κ2) is 9.32. The van der Waals surface area contributed by atoms with Crippen molar-refractivity contribution in [3.05, 3.63) is 72.1 Å². The smallest absolute Gasteiger partial charge is 0.338 e. The van der Waals surface area contributed by atoms with Crippen LogP contribution in [-0.2, 0) is 4.74 Å². The monoisotopic (exact) mass is 392 g/mol. The molecule has 0 aliphatic heterocycles. The molecule has 0 aliphatic rings. The summed E-state index contributed by atoms with van der Waals surface area (Å²) < 4.78 is 10.1. The van der Waals surface area contributed by atoms with Crippen molar-refractivity contribution in [3.63, 3.8) is 0 Å². The fourth-order valence-corrected chi connectivity index (χ4v) is 2.45. The third-order valence-corrected chi connectivity index (χ3v) is 3.89. The van der Waals surface area contributed by atoms with Gasteiger partial charge in [-0.05, 0) is 43.3 Å². The minimum atomic E-state index is -0.373. The molecule has 0 saturated heterocycles. The van der Waals surface area contributed by atoms with Crippen molar-refractivity contribution in [2.45, 2.75) is 6.92 Å². The topological polar surface area (TPSA) is 102 Å². The first kappa shape index (κ1) is 19.8. The minimum Gasteiger partial charge on any atom is -0.497 e. The van der Waals surface area contributed by atoms with Gasteiger partial charge in [0.1, 0.15) is 5.75 Å². The molecule has 0 saturated carbocycles. The number of rotatable bonds is 7. The molecule has 0 spiro atoms. The third kappa shape index (κ3) is 5.29. The Hall–Kier alpha value is -3.94. The molecule has 0 aliphatic carbocycles. The van der Waals surface area contributed by atoms with Gasteiger partial charge in [0.15, 0.2) is 0 Å². The summed E-state index contributed by atoms with van der Waals surface area (Å²) in [7, 11) is 1.56. The quantitative estimate of drug-likeness (QED) is 0.592. The molecule has 29 heavy (non-hydrogen) atoms. The summed E-state index contributed by atoms with van der Waals surface area (Å²) in [6, 6.07) is 13.8. The molecule has 0 atom stereocenters. The predicted molar refractivity (Wildman–Crippen MR) is 109 cm³/mol. The summed E-state index contributed by atoms with van der Waals surface area (Å²) in [6.45, 7) is 2.08. The molecule has 3 aromatic rings. The summed E-state index contributed by atoms with van der Waals surface area (Å²) in [4.78, 5) is 32.3. The number of amides is 1. The minimum absolute atomic E-state index is 0.316. The summed E-state index contributed by atoms with van der Waals surface area (Å²) in [5, 5.41) is 5.78. The zero-order valence-electron chi connectivity index (χ0n) is 16.0. The van der Waals surface area contributed by atoms with Crippen LogP contribution in [0.5, 0.6) is 5.75 Å². The van der Waals surface area contributed by atoms with E-state index in [2.05, 4.69) is 20.6 Å². The van der Waals surface area contributed by atoms with Gasteiger partial charge in [-0.3, -0.25) is 4.79 Å². The Balaban J connectivity index is 1.62. The van der Waals surface area contributed by atoms with Gasteiger partial charge >= 0.3 is 5.97 Å². The van der Waals surface area contributed by atoms with Crippen LogP contribution < -0.4 is 15.4 Å². The molecule has 3 rings (SSSR count). The predicted octanol–water partition coefficient (Wildman–Crippen LogP) is 3.66. The maximum atomic E-state index is 12.3. The van der Waals surface area contributed by atoms with E-state index in [4.69, 9.17) is 9.47 Å². The van der Waals surface area contributed by atoms with Gasteiger partial charge in [-0.15, -0.1) is 0 Å². The lowest BCUT2D eigenvalue weighted by atomic mass is 10.2. The standard InChI is InChI=1S/C21H20N4O4/c1-3-29-20(27)14-7-9-16(10-8-14)25-21-22-12-15(13-23-21)19(26)24-17-5-4-6-18(11-17)28-2/h4-13H,3H2,1-2H3,(H,24,26)(H,22,23,25). The maximum Gasteiger partial charge on any atom is 0.338 e. The molecule has 0 fully saturated rings. The van der Waals surface area contributed by atoms with E-state index in [1.54, 1.807) is 62.6 Å². The van der Waals surface area contributed by atoms with Crippen LogP contribution in [0.25, 0.3) is 0 Å². The number of nitrogens with one attached hydrogen (secondary N) is 2. The Kier molecular flexibility index (Phi) is 6.36. The molecule has 0 bridgehead atoms. The highest BCUT2D eigenvalue weighted by Gasteiger charge is 2.09. The van der Waals surface area contributed by atoms with Crippen LogP contribution in [0.15, 0.2) is 60.9 Å². The van der Waals surface area contributed by atoms with Crippen molar-refractivity contribution in [1.29, 1.82) is 0 Å². The summed E-state index contributed by atoms with van der Waals surface area (Å²) >= 11 is 0. The number of aromatic nitrogens is 2. The van der Waals surface area contributed by atoms with Crippen LogP contribution in [-0.4, -0.2) is 35.6 Å². The molecule has 2 N–H and O–H groups in total. The molecule has 2 aromatic carbocycles. The van der Waals surface area contributed by atoms with Crippen molar-refractivity contribution in [2.75, 3.05) is 24.4 Å². The van der Waals surface area contributed by atoms with E-state index in [9.17, 15) is 9.59 Å². The lowest BCUT2D eigenvalue weighted by Crippen LogP contribution is -2.13. The van der Waals surface area contributed by atoms with Crippen molar-refractivity contribution >= 4 is 29.2 Å². The van der Waals surface area contributed by atoms with Gasteiger partial charge in [0.05, 0.1) is 24.8 Å². The molecule has 8 nitrogen and oxygen atoms in total. The van der Waals surface area contributed by atoms with Gasteiger partial charge in [-0.2, -0.15) is 0 Å². The van der Waals surface area contributed by atoms with Crippen molar-refractivity contribution in [2.24, 2.45) is 0 Å². The van der Waals surface area contributed by atoms with Gasteiger partial charge in [0.25, 0.3) is 5.91 Å². The Labute approximate surface area is 167 Å². The second-order valence-corrected chi connectivity index (χ2v) is 5.90. The number of methoxy groups -OCH3 is 1. The SMILES string of the molecule is CCOC(=O)c1ccc(Nc2ncc(C(=O)Nc3cccc(OC)c3)cn2)cc1. The van der Waals surface area contributed by atoms with Crippen LogP contribution in [0.1, 0.15) is 27.6 Å². The van der Waals surface area contributed by atoms with E-state index >= 15 is 0 Å². The number of esters is 1. The lowest BCUT2D eigenvalue weighted by molar-refractivity contribution is 0.0526. The molecule has 1 amide bonds. The summed E-state index contributed by atoms with van der Waals surface area (Å²) in [5.41, 5.74) is 2.09. The first-order chi connectivity index (χ1) is 14.1. The lowest BCUT2D eigenvalue weighted by Gasteiger charge is -2.08. The van der Waals surface area contributed by atoms with E-state index in [-0.39, 0.29) is 11.9 Å². The largest absolute Gasteiger partial charge is 0.497 e. The van der Waals surface area contributed by atoms with E-state index in [0.29, 0.717) is 40.8 Å². The molecule has 1 heterocycles. The molecular weight excluding hydrogens is 372 g/mol. The van der Waals surface area contributed by atoms with Crippen molar-refractivity contribution < 1.29 is 19.1 Å². The number of carbonyl (C=O) groups excluding carboxylic acids is 2. The average molecular weight is 392 g/mol. The van der Waals surface area contributed by atoms with E-state index in [0.717, 1.165) is 0 Å². The Bertz CT molecular complexity index is 988. The van der Waals surface area contributed by atoms with Crippen molar-refractivity contribution in [3.8, 4) is 5.75 Å². The second-order valence-electron chi connectivity index (χ2n) is 5.90. The van der Waals surface area contributed by atoms with Crippen LogP contribution in [0.4, 0.5) is 17.3 Å². The highest BCUT2D eigenvalue weighted by molar-refractivity contribution is 6.04. The highest BCUT2D eigenvalue weighted by atomic mass is 16.5. The van der Waals surface area contributed by atoms with Gasteiger partial charge in [0.2, 0.25) is 5.95 Å². The number of hydrogen-bond acceptors (Lipinski definition) is 7. The Morgan fingerprint density at radius 3 is 2.34 bits per heavy atom. The zero-order chi connectivity index (χ0) is 20.6. The highest BCUT2D eigenvalue weighted by Crippen LogP contribution is 2.18. The molecule has 8 heteroatoms. The molecular formula is C21H20N4O4. The maximum absolute atomic E-state index is 12.3. The number of benzene rings is 2. The van der Waals surface area contributed by atoms with E-state index in [1.165, 1.54) is 12.4 Å². The number of carbonyl (C=O) groups is 2. The third-order valence-electron chi connectivity index (χ3n) is 3.89. The number of nitrogens with zero attached hydrogens (tertiary/aromatic N) is 2. The number of ether oxygens (including phenoxy) is 2. The zero-order valence-corrected chi connectivity index (χ0v) is 16.0.